The van der Waals surface area contributed by atoms with E-state index in [1.54, 1.807) is 6.20 Å². The Labute approximate surface area is 142 Å². The lowest BCUT2D eigenvalue weighted by atomic mass is 10.1. The van der Waals surface area contributed by atoms with Crippen LogP contribution in [0.15, 0.2) is 48.8 Å². The molecular weight excluding hydrogens is 298 g/mol. The van der Waals surface area contributed by atoms with Crippen molar-refractivity contribution in [1.29, 1.82) is 0 Å². The minimum Gasteiger partial charge on any atom is -0.382 e. The Bertz CT molecular complexity index is 710. The third-order valence-electron chi connectivity index (χ3n) is 5.10. The molecule has 4 rings (SSSR count). The monoisotopic (exact) mass is 321 g/mol. The third-order valence-corrected chi connectivity index (χ3v) is 5.10. The van der Waals surface area contributed by atoms with Crippen LogP contribution in [0.1, 0.15) is 43.6 Å². The summed E-state index contributed by atoms with van der Waals surface area (Å²) < 4.78 is 0. The highest BCUT2D eigenvalue weighted by Gasteiger charge is 2.44. The van der Waals surface area contributed by atoms with Crippen molar-refractivity contribution in [3.63, 3.8) is 0 Å². The van der Waals surface area contributed by atoms with E-state index in [9.17, 15) is 4.79 Å². The van der Waals surface area contributed by atoms with E-state index < -0.39 is 0 Å². The zero-order chi connectivity index (χ0) is 16.4. The highest BCUT2D eigenvalue weighted by Crippen LogP contribution is 2.47. The Morgan fingerprint density at radius 1 is 1.08 bits per heavy atom. The second-order valence-electron chi connectivity index (χ2n) is 6.93. The SMILES string of the molecule is O=C(Nc1cccc(NC2CCCC2)c1)[C@@H]1C[C@H]1c1cccnc1. The number of anilines is 2. The standard InChI is InChI=1S/C20H23N3O/c24-20(19-12-18(19)14-5-4-10-21-13-14)23-17-9-3-8-16(11-17)22-15-6-1-2-7-15/h3-5,8-11,13,15,18-19,22H,1-2,6-7,12H2,(H,23,24)/t18-,19+/m0/s1. The van der Waals surface area contributed by atoms with Gasteiger partial charge in [0.1, 0.15) is 0 Å². The van der Waals surface area contributed by atoms with Gasteiger partial charge in [-0.25, -0.2) is 0 Å². The predicted molar refractivity (Wildman–Crippen MR) is 96.0 cm³/mol. The van der Waals surface area contributed by atoms with Gasteiger partial charge in [-0.15, -0.1) is 0 Å². The Morgan fingerprint density at radius 2 is 1.92 bits per heavy atom. The molecule has 0 aliphatic heterocycles. The molecule has 0 unspecified atom stereocenters. The first kappa shape index (κ1) is 15.2. The molecule has 0 saturated heterocycles. The Kier molecular flexibility index (Phi) is 4.20. The number of amides is 1. The maximum Gasteiger partial charge on any atom is 0.228 e. The van der Waals surface area contributed by atoms with Crippen molar-refractivity contribution in [2.75, 3.05) is 10.6 Å². The lowest BCUT2D eigenvalue weighted by molar-refractivity contribution is -0.117. The van der Waals surface area contributed by atoms with Crippen LogP contribution in [0.5, 0.6) is 0 Å². The zero-order valence-electron chi connectivity index (χ0n) is 13.7. The summed E-state index contributed by atoms with van der Waals surface area (Å²) in [6.45, 7) is 0. The summed E-state index contributed by atoms with van der Waals surface area (Å²) in [6, 6.07) is 12.6. The van der Waals surface area contributed by atoms with E-state index in [1.807, 2.05) is 30.5 Å². The molecule has 0 radical (unpaired) electrons. The van der Waals surface area contributed by atoms with Gasteiger partial charge in [0.25, 0.3) is 0 Å². The van der Waals surface area contributed by atoms with E-state index in [4.69, 9.17) is 0 Å². The van der Waals surface area contributed by atoms with E-state index in [0.29, 0.717) is 12.0 Å². The lowest BCUT2D eigenvalue weighted by Crippen LogP contribution is -2.16. The van der Waals surface area contributed by atoms with E-state index >= 15 is 0 Å². The third kappa shape index (κ3) is 3.42. The van der Waals surface area contributed by atoms with Crippen LogP contribution < -0.4 is 10.6 Å². The number of nitrogens with one attached hydrogen (secondary N) is 2. The molecule has 4 heteroatoms. The summed E-state index contributed by atoms with van der Waals surface area (Å²) in [5.41, 5.74) is 3.13. The van der Waals surface area contributed by atoms with E-state index in [-0.39, 0.29) is 11.8 Å². The smallest absolute Gasteiger partial charge is 0.228 e. The Morgan fingerprint density at radius 3 is 2.71 bits per heavy atom. The number of carbonyl (C=O) groups excluding carboxylic acids is 1. The maximum atomic E-state index is 12.5. The molecule has 2 aromatic rings. The van der Waals surface area contributed by atoms with Gasteiger partial charge in [-0.05, 0) is 55.0 Å². The molecule has 2 atom stereocenters. The number of hydrogen-bond donors (Lipinski definition) is 2. The highest BCUT2D eigenvalue weighted by atomic mass is 16.2. The second kappa shape index (κ2) is 6.63. The van der Waals surface area contributed by atoms with Gasteiger partial charge in [0.2, 0.25) is 5.91 Å². The van der Waals surface area contributed by atoms with Crippen molar-refractivity contribution in [1.82, 2.24) is 4.98 Å². The fraction of sp³-hybridized carbons (Fsp3) is 0.400. The molecular formula is C20H23N3O. The van der Waals surface area contributed by atoms with Crippen LogP contribution in [0.3, 0.4) is 0 Å². The highest BCUT2D eigenvalue weighted by molar-refractivity contribution is 5.95. The Balaban J connectivity index is 1.36. The van der Waals surface area contributed by atoms with Crippen LogP contribution in [-0.2, 0) is 4.79 Å². The number of pyridine rings is 1. The van der Waals surface area contributed by atoms with Gasteiger partial charge in [-0.1, -0.05) is 25.0 Å². The summed E-state index contributed by atoms with van der Waals surface area (Å²) in [6.07, 6.45) is 9.65. The predicted octanol–water partition coefficient (Wildman–Crippen LogP) is 4.18. The molecule has 0 bridgehead atoms. The number of rotatable bonds is 5. The summed E-state index contributed by atoms with van der Waals surface area (Å²) in [5, 5.41) is 6.64. The van der Waals surface area contributed by atoms with Crippen molar-refractivity contribution in [2.45, 2.75) is 44.1 Å². The van der Waals surface area contributed by atoms with Crippen molar-refractivity contribution in [3.8, 4) is 0 Å². The van der Waals surface area contributed by atoms with Crippen LogP contribution in [-0.4, -0.2) is 16.9 Å². The molecule has 4 nitrogen and oxygen atoms in total. The summed E-state index contributed by atoms with van der Waals surface area (Å²) in [4.78, 5) is 16.6. The van der Waals surface area contributed by atoms with Gasteiger partial charge in [-0.2, -0.15) is 0 Å². The molecule has 24 heavy (non-hydrogen) atoms. The zero-order valence-corrected chi connectivity index (χ0v) is 13.7. The van der Waals surface area contributed by atoms with Crippen LogP contribution in [0, 0.1) is 5.92 Å². The fourth-order valence-electron chi connectivity index (χ4n) is 3.68. The summed E-state index contributed by atoms with van der Waals surface area (Å²) >= 11 is 0. The van der Waals surface area contributed by atoms with Crippen LogP contribution in [0.4, 0.5) is 11.4 Å². The van der Waals surface area contributed by atoms with Gasteiger partial charge in [0.15, 0.2) is 0 Å². The molecule has 2 fully saturated rings. The number of nitrogens with zero attached hydrogens (tertiary/aromatic N) is 1. The number of carbonyl (C=O) groups is 1. The topological polar surface area (TPSA) is 54.0 Å². The molecule has 1 amide bonds. The molecule has 2 aliphatic rings. The van der Waals surface area contributed by atoms with Gasteiger partial charge < -0.3 is 10.6 Å². The Hall–Kier alpha value is -2.36. The van der Waals surface area contributed by atoms with Crippen molar-refractivity contribution in [3.05, 3.63) is 54.4 Å². The van der Waals surface area contributed by atoms with E-state index in [1.165, 1.54) is 25.7 Å². The molecule has 124 valence electrons. The molecule has 1 aromatic carbocycles. The molecule has 1 heterocycles. The number of aromatic nitrogens is 1. The van der Waals surface area contributed by atoms with Crippen LogP contribution >= 0.6 is 0 Å². The average Bonchev–Trinajstić information content (AvgIpc) is 3.26. The van der Waals surface area contributed by atoms with E-state index in [2.05, 4.69) is 27.8 Å². The van der Waals surface area contributed by atoms with Gasteiger partial charge in [0, 0.05) is 35.7 Å². The normalized spacial score (nSPS) is 23.0. The molecule has 2 aliphatic carbocycles. The lowest BCUT2D eigenvalue weighted by Gasteiger charge is -2.14. The average molecular weight is 321 g/mol. The summed E-state index contributed by atoms with van der Waals surface area (Å²) in [7, 11) is 0. The minimum absolute atomic E-state index is 0.0700. The second-order valence-corrected chi connectivity index (χ2v) is 6.93. The van der Waals surface area contributed by atoms with Crippen LogP contribution in [0.25, 0.3) is 0 Å². The number of benzene rings is 1. The largest absolute Gasteiger partial charge is 0.382 e. The van der Waals surface area contributed by atoms with Crippen molar-refractivity contribution in [2.24, 2.45) is 5.92 Å². The van der Waals surface area contributed by atoms with E-state index in [0.717, 1.165) is 23.4 Å². The van der Waals surface area contributed by atoms with Crippen molar-refractivity contribution < 1.29 is 4.79 Å². The molecule has 2 saturated carbocycles. The molecule has 0 spiro atoms. The maximum absolute atomic E-state index is 12.5. The quantitative estimate of drug-likeness (QED) is 0.868. The molecule has 1 aromatic heterocycles. The molecule has 2 N–H and O–H groups in total. The first-order chi connectivity index (χ1) is 11.8. The van der Waals surface area contributed by atoms with Crippen molar-refractivity contribution >= 4 is 17.3 Å². The van der Waals surface area contributed by atoms with Crippen LogP contribution in [0.2, 0.25) is 0 Å². The first-order valence-corrected chi connectivity index (χ1v) is 8.87. The fourth-order valence-corrected chi connectivity index (χ4v) is 3.68. The van der Waals surface area contributed by atoms with Gasteiger partial charge in [-0.3, -0.25) is 9.78 Å². The summed E-state index contributed by atoms with van der Waals surface area (Å²) in [5.74, 6) is 0.501. The first-order valence-electron chi connectivity index (χ1n) is 8.87. The minimum atomic E-state index is 0.0700. The number of hydrogen-bond acceptors (Lipinski definition) is 3. The van der Waals surface area contributed by atoms with Gasteiger partial charge >= 0.3 is 0 Å². The van der Waals surface area contributed by atoms with Gasteiger partial charge in [0.05, 0.1) is 0 Å².